The van der Waals surface area contributed by atoms with E-state index < -0.39 is 5.97 Å². The lowest BCUT2D eigenvalue weighted by atomic mass is 10.1. The van der Waals surface area contributed by atoms with E-state index in [1.807, 2.05) is 36.9 Å². The molecule has 0 spiro atoms. The van der Waals surface area contributed by atoms with Gasteiger partial charge in [-0.2, -0.15) is 0 Å². The average molecular weight is 265 g/mol. The highest BCUT2D eigenvalue weighted by Crippen LogP contribution is 2.34. The van der Waals surface area contributed by atoms with Crippen LogP contribution in [0.15, 0.2) is 18.2 Å². The fourth-order valence-corrected chi connectivity index (χ4v) is 2.07. The molecule has 0 saturated carbocycles. The van der Waals surface area contributed by atoms with E-state index in [1.165, 1.54) is 0 Å². The van der Waals surface area contributed by atoms with Crippen LogP contribution in [0.5, 0.6) is 11.5 Å². The van der Waals surface area contributed by atoms with E-state index in [4.69, 9.17) is 14.6 Å². The quantitative estimate of drug-likeness (QED) is 0.879. The molecule has 1 heterocycles. The van der Waals surface area contributed by atoms with Crippen LogP contribution in [0.4, 0.5) is 0 Å². The molecule has 2 rings (SSSR count). The number of benzene rings is 1. The third kappa shape index (κ3) is 3.38. The van der Waals surface area contributed by atoms with Crippen LogP contribution >= 0.6 is 0 Å². The molecule has 0 unspecified atom stereocenters. The van der Waals surface area contributed by atoms with Crippen molar-refractivity contribution < 1.29 is 19.4 Å². The highest BCUT2D eigenvalue weighted by atomic mass is 16.6. The van der Waals surface area contributed by atoms with Crippen LogP contribution in [0.2, 0.25) is 0 Å². The summed E-state index contributed by atoms with van der Waals surface area (Å²) in [6.07, 6.45) is 0. The molecule has 104 valence electrons. The maximum atomic E-state index is 10.9. The summed E-state index contributed by atoms with van der Waals surface area (Å²) in [5, 5.41) is 8.95. The Balaban J connectivity index is 2.19. The van der Waals surface area contributed by atoms with Gasteiger partial charge in [0.15, 0.2) is 11.5 Å². The van der Waals surface area contributed by atoms with E-state index in [2.05, 4.69) is 0 Å². The van der Waals surface area contributed by atoms with Crippen LogP contribution < -0.4 is 9.47 Å². The van der Waals surface area contributed by atoms with Crippen molar-refractivity contribution in [1.82, 2.24) is 4.90 Å². The van der Waals surface area contributed by atoms with Gasteiger partial charge in [0.1, 0.15) is 13.2 Å². The normalized spacial score (nSPS) is 13.9. The number of aliphatic carboxylic acids is 1. The molecule has 1 N–H and O–H groups in total. The summed E-state index contributed by atoms with van der Waals surface area (Å²) in [5.74, 6) is 0.656. The molecule has 19 heavy (non-hydrogen) atoms. The molecule has 5 heteroatoms. The second-order valence-electron chi connectivity index (χ2n) is 4.83. The summed E-state index contributed by atoms with van der Waals surface area (Å²) < 4.78 is 11.2. The van der Waals surface area contributed by atoms with Gasteiger partial charge in [0.25, 0.3) is 0 Å². The monoisotopic (exact) mass is 265 g/mol. The van der Waals surface area contributed by atoms with Gasteiger partial charge >= 0.3 is 5.97 Å². The second-order valence-corrected chi connectivity index (χ2v) is 4.83. The summed E-state index contributed by atoms with van der Waals surface area (Å²) >= 11 is 0. The molecule has 0 bridgehead atoms. The first-order valence-corrected chi connectivity index (χ1v) is 6.41. The summed E-state index contributed by atoms with van der Waals surface area (Å²) in [4.78, 5) is 12.8. The van der Waals surface area contributed by atoms with Crippen LogP contribution in [0.25, 0.3) is 0 Å². The van der Waals surface area contributed by atoms with Crippen LogP contribution in [0.1, 0.15) is 19.4 Å². The average Bonchev–Trinajstić information content (AvgIpc) is 2.37. The van der Waals surface area contributed by atoms with E-state index in [1.54, 1.807) is 0 Å². The zero-order chi connectivity index (χ0) is 13.8. The highest BCUT2D eigenvalue weighted by Gasteiger charge is 2.20. The van der Waals surface area contributed by atoms with Crippen molar-refractivity contribution >= 4 is 5.97 Å². The van der Waals surface area contributed by atoms with Crippen molar-refractivity contribution in [3.05, 3.63) is 23.8 Å². The van der Waals surface area contributed by atoms with Crippen molar-refractivity contribution in [2.75, 3.05) is 19.8 Å². The fourth-order valence-electron chi connectivity index (χ4n) is 2.07. The number of hydrogen-bond acceptors (Lipinski definition) is 4. The number of nitrogens with zero attached hydrogens (tertiary/aromatic N) is 1. The SMILES string of the molecule is CC(C)N(CC(=O)O)Cc1cccc2c1OCCO2. The number of para-hydroxylation sites is 1. The number of hydrogen-bond donors (Lipinski definition) is 1. The summed E-state index contributed by atoms with van der Waals surface area (Å²) in [5.41, 5.74) is 0.965. The molecule has 0 saturated heterocycles. The zero-order valence-corrected chi connectivity index (χ0v) is 11.3. The summed E-state index contributed by atoms with van der Waals surface area (Å²) in [7, 11) is 0. The van der Waals surface area contributed by atoms with E-state index in [0.717, 1.165) is 17.1 Å². The van der Waals surface area contributed by atoms with Gasteiger partial charge in [0.05, 0.1) is 6.54 Å². The molecular weight excluding hydrogens is 246 g/mol. The lowest BCUT2D eigenvalue weighted by Gasteiger charge is -2.27. The van der Waals surface area contributed by atoms with Gasteiger partial charge in [0, 0.05) is 18.2 Å². The molecule has 5 nitrogen and oxygen atoms in total. The van der Waals surface area contributed by atoms with Crippen molar-refractivity contribution in [3.63, 3.8) is 0 Å². The van der Waals surface area contributed by atoms with Crippen molar-refractivity contribution in [2.24, 2.45) is 0 Å². The number of carboxylic acids is 1. The standard InChI is InChI=1S/C14H19NO4/c1-10(2)15(9-13(16)17)8-11-4-3-5-12-14(11)19-7-6-18-12/h3-5,10H,6-9H2,1-2H3,(H,16,17). The molecule has 1 aliphatic heterocycles. The molecule has 1 aromatic rings. The van der Waals surface area contributed by atoms with Crippen LogP contribution in [-0.4, -0.2) is 41.8 Å². The number of fused-ring (bicyclic) bond motifs is 1. The van der Waals surface area contributed by atoms with Crippen molar-refractivity contribution in [1.29, 1.82) is 0 Å². The molecule has 0 radical (unpaired) electrons. The maximum Gasteiger partial charge on any atom is 0.317 e. The minimum atomic E-state index is -0.823. The molecule has 0 amide bonds. The second kappa shape index (κ2) is 5.93. The van der Waals surface area contributed by atoms with E-state index in [0.29, 0.717) is 19.8 Å². The van der Waals surface area contributed by atoms with Crippen molar-refractivity contribution in [3.8, 4) is 11.5 Å². The highest BCUT2D eigenvalue weighted by molar-refractivity contribution is 5.69. The topological polar surface area (TPSA) is 59.0 Å². The largest absolute Gasteiger partial charge is 0.486 e. The Morgan fingerprint density at radius 2 is 2.11 bits per heavy atom. The van der Waals surface area contributed by atoms with Gasteiger partial charge in [-0.05, 0) is 19.9 Å². The number of carbonyl (C=O) groups is 1. The lowest BCUT2D eigenvalue weighted by Crippen LogP contribution is -2.35. The van der Waals surface area contributed by atoms with E-state index >= 15 is 0 Å². The third-order valence-electron chi connectivity index (χ3n) is 3.09. The maximum absolute atomic E-state index is 10.9. The van der Waals surface area contributed by atoms with Crippen LogP contribution in [0, 0.1) is 0 Å². The summed E-state index contributed by atoms with van der Waals surface area (Å²) in [6, 6.07) is 5.87. The fraction of sp³-hybridized carbons (Fsp3) is 0.500. The first-order valence-electron chi connectivity index (χ1n) is 6.41. The molecular formula is C14H19NO4. The van der Waals surface area contributed by atoms with Crippen LogP contribution in [-0.2, 0) is 11.3 Å². The first kappa shape index (κ1) is 13.7. The minimum Gasteiger partial charge on any atom is -0.486 e. The number of rotatable bonds is 5. The predicted octanol–water partition coefficient (Wildman–Crippen LogP) is 1.75. The molecule has 0 aromatic heterocycles. The van der Waals surface area contributed by atoms with Crippen molar-refractivity contribution in [2.45, 2.75) is 26.4 Å². The van der Waals surface area contributed by atoms with Gasteiger partial charge in [-0.25, -0.2) is 0 Å². The Kier molecular flexibility index (Phi) is 4.27. The third-order valence-corrected chi connectivity index (χ3v) is 3.09. The predicted molar refractivity (Wildman–Crippen MR) is 70.6 cm³/mol. The Labute approximate surface area is 112 Å². The van der Waals surface area contributed by atoms with E-state index in [9.17, 15) is 4.79 Å². The molecule has 0 atom stereocenters. The van der Waals surface area contributed by atoms with Gasteiger partial charge in [-0.3, -0.25) is 9.69 Å². The molecule has 0 fully saturated rings. The zero-order valence-electron chi connectivity index (χ0n) is 11.3. The van der Waals surface area contributed by atoms with E-state index in [-0.39, 0.29) is 12.6 Å². The molecule has 1 aromatic carbocycles. The van der Waals surface area contributed by atoms with Gasteiger partial charge < -0.3 is 14.6 Å². The van der Waals surface area contributed by atoms with Crippen LogP contribution in [0.3, 0.4) is 0 Å². The van der Waals surface area contributed by atoms with Gasteiger partial charge in [-0.1, -0.05) is 12.1 Å². The molecule has 1 aliphatic rings. The number of carboxylic acid groups (broad SMARTS) is 1. The molecule has 0 aliphatic carbocycles. The Bertz CT molecular complexity index is 459. The van der Waals surface area contributed by atoms with Gasteiger partial charge in [-0.15, -0.1) is 0 Å². The Morgan fingerprint density at radius 1 is 1.37 bits per heavy atom. The smallest absolute Gasteiger partial charge is 0.317 e. The Hall–Kier alpha value is -1.75. The summed E-state index contributed by atoms with van der Waals surface area (Å²) in [6.45, 7) is 5.61. The number of ether oxygens (including phenoxy) is 2. The lowest BCUT2D eigenvalue weighted by molar-refractivity contribution is -0.138. The first-order chi connectivity index (χ1) is 9.08. The minimum absolute atomic E-state index is 0.0161. The van der Waals surface area contributed by atoms with Gasteiger partial charge in [0.2, 0.25) is 0 Å². The Morgan fingerprint density at radius 3 is 2.79 bits per heavy atom.